The van der Waals surface area contributed by atoms with Crippen LogP contribution in [0, 0.1) is 0 Å². The monoisotopic (exact) mass is 415 g/mol. The van der Waals surface area contributed by atoms with E-state index >= 15 is 0 Å². The zero-order valence-corrected chi connectivity index (χ0v) is 16.7. The molecule has 1 N–H and O–H groups in total. The molecule has 1 amide bonds. The van der Waals surface area contributed by atoms with E-state index in [1.807, 2.05) is 48.5 Å². The molecule has 0 radical (unpaired) electrons. The lowest BCUT2D eigenvalue weighted by Gasteiger charge is -2.13. The van der Waals surface area contributed by atoms with Crippen molar-refractivity contribution in [3.05, 3.63) is 96.7 Å². The first kappa shape index (κ1) is 20.1. The summed E-state index contributed by atoms with van der Waals surface area (Å²) in [5, 5.41) is 7.03. The van der Waals surface area contributed by atoms with Gasteiger partial charge < -0.3 is 14.8 Å². The molecule has 156 valence electrons. The molecule has 0 aliphatic carbocycles. The second kappa shape index (κ2) is 10.0. The zero-order chi connectivity index (χ0) is 21.3. The maximum absolute atomic E-state index is 12.8. The largest absolute Gasteiger partial charge is 0.490 e. The first-order valence-electron chi connectivity index (χ1n) is 9.78. The summed E-state index contributed by atoms with van der Waals surface area (Å²) < 4.78 is 13.0. The molecule has 0 saturated heterocycles. The van der Waals surface area contributed by atoms with Gasteiger partial charge >= 0.3 is 0 Å². The van der Waals surface area contributed by atoms with Crippen LogP contribution in [0.25, 0.3) is 5.82 Å². The van der Waals surface area contributed by atoms with Crippen LogP contribution in [0.4, 0.5) is 0 Å². The van der Waals surface area contributed by atoms with Crippen LogP contribution in [-0.2, 0) is 6.54 Å². The van der Waals surface area contributed by atoms with Crippen molar-refractivity contribution in [3.63, 3.8) is 0 Å². The summed E-state index contributed by atoms with van der Waals surface area (Å²) in [6.45, 7) is 0.975. The normalized spacial score (nSPS) is 10.5. The number of carbonyl (C=O) groups is 1. The lowest BCUT2D eigenvalue weighted by molar-refractivity contribution is 0.0945. The van der Waals surface area contributed by atoms with Crippen LogP contribution in [0.3, 0.4) is 0 Å². The van der Waals surface area contributed by atoms with Crippen LogP contribution in [0.1, 0.15) is 15.9 Å². The van der Waals surface area contributed by atoms with Crippen LogP contribution in [-0.4, -0.2) is 38.9 Å². The molecule has 0 saturated carbocycles. The molecule has 0 aliphatic heterocycles. The molecule has 2 aromatic heterocycles. The minimum absolute atomic E-state index is 0.243. The van der Waals surface area contributed by atoms with Gasteiger partial charge in [0.1, 0.15) is 37.4 Å². The topological polar surface area (TPSA) is 91.2 Å². The van der Waals surface area contributed by atoms with Gasteiger partial charge in [-0.3, -0.25) is 4.79 Å². The predicted molar refractivity (Wildman–Crippen MR) is 114 cm³/mol. The number of benzene rings is 2. The number of aromatic nitrogens is 4. The van der Waals surface area contributed by atoms with E-state index < -0.39 is 0 Å². The number of ether oxygens (including phenoxy) is 2. The molecule has 0 bridgehead atoms. The summed E-state index contributed by atoms with van der Waals surface area (Å²) in [6.07, 6.45) is 4.67. The molecule has 4 rings (SSSR count). The highest BCUT2D eigenvalue weighted by Gasteiger charge is 2.14. The van der Waals surface area contributed by atoms with Crippen molar-refractivity contribution >= 4 is 5.91 Å². The minimum atomic E-state index is -0.243. The van der Waals surface area contributed by atoms with Crippen molar-refractivity contribution < 1.29 is 14.3 Å². The van der Waals surface area contributed by atoms with Gasteiger partial charge in [-0.1, -0.05) is 36.4 Å². The van der Waals surface area contributed by atoms with Crippen molar-refractivity contribution in [3.8, 4) is 17.3 Å². The summed E-state index contributed by atoms with van der Waals surface area (Å²) in [5.74, 6) is 1.65. The van der Waals surface area contributed by atoms with Gasteiger partial charge in [-0.2, -0.15) is 5.10 Å². The van der Waals surface area contributed by atoms with E-state index in [0.717, 1.165) is 11.3 Å². The van der Waals surface area contributed by atoms with Crippen molar-refractivity contribution in [1.82, 2.24) is 25.1 Å². The van der Waals surface area contributed by atoms with Crippen LogP contribution >= 0.6 is 0 Å². The summed E-state index contributed by atoms with van der Waals surface area (Å²) in [5.41, 5.74) is 1.27. The van der Waals surface area contributed by atoms with Crippen LogP contribution in [0.15, 0.2) is 85.6 Å². The fourth-order valence-electron chi connectivity index (χ4n) is 2.97. The van der Waals surface area contributed by atoms with E-state index in [4.69, 9.17) is 9.47 Å². The molecule has 8 nitrogen and oxygen atoms in total. The first-order chi connectivity index (χ1) is 15.3. The van der Waals surface area contributed by atoms with Crippen molar-refractivity contribution in [2.24, 2.45) is 0 Å². The highest BCUT2D eigenvalue weighted by Crippen LogP contribution is 2.19. The Hall–Kier alpha value is -4.20. The third kappa shape index (κ3) is 5.24. The number of rotatable bonds is 9. The molecule has 8 heteroatoms. The number of pyridine rings is 1. The van der Waals surface area contributed by atoms with Gasteiger partial charge in [0.05, 0.1) is 5.56 Å². The standard InChI is InChI=1S/C23H21N5O3/c29-23(26-15-18-7-6-12-25-22(18)28-17-24-16-27-28)20-10-4-5-11-21(20)31-14-13-30-19-8-2-1-3-9-19/h1-12,16-17H,13-15H2,(H,26,29). The Morgan fingerprint density at radius 1 is 0.935 bits per heavy atom. The zero-order valence-electron chi connectivity index (χ0n) is 16.7. The van der Waals surface area contributed by atoms with E-state index in [-0.39, 0.29) is 12.5 Å². The molecular weight excluding hydrogens is 394 g/mol. The van der Waals surface area contributed by atoms with Crippen molar-refractivity contribution in [2.75, 3.05) is 13.2 Å². The minimum Gasteiger partial charge on any atom is -0.490 e. The first-order valence-corrected chi connectivity index (χ1v) is 9.78. The highest BCUT2D eigenvalue weighted by molar-refractivity contribution is 5.96. The number of nitrogens with zero attached hydrogens (tertiary/aromatic N) is 4. The summed E-state index contributed by atoms with van der Waals surface area (Å²) in [4.78, 5) is 21.1. The van der Waals surface area contributed by atoms with Gasteiger partial charge in [0.15, 0.2) is 5.82 Å². The SMILES string of the molecule is O=C(NCc1cccnc1-n1cncn1)c1ccccc1OCCOc1ccccc1. The fourth-order valence-corrected chi connectivity index (χ4v) is 2.97. The van der Waals surface area contributed by atoms with Crippen molar-refractivity contribution in [1.29, 1.82) is 0 Å². The molecule has 2 heterocycles. The fraction of sp³-hybridized carbons (Fsp3) is 0.130. The molecule has 2 aromatic carbocycles. The van der Waals surface area contributed by atoms with E-state index in [2.05, 4.69) is 20.4 Å². The lowest BCUT2D eigenvalue weighted by atomic mass is 10.1. The lowest BCUT2D eigenvalue weighted by Crippen LogP contribution is -2.24. The van der Waals surface area contributed by atoms with Crippen LogP contribution in [0.5, 0.6) is 11.5 Å². The van der Waals surface area contributed by atoms with Crippen LogP contribution < -0.4 is 14.8 Å². The Morgan fingerprint density at radius 3 is 2.58 bits per heavy atom. The van der Waals surface area contributed by atoms with Gasteiger partial charge in [0.25, 0.3) is 5.91 Å². The summed E-state index contributed by atoms with van der Waals surface area (Å²) in [6, 6.07) is 20.3. The number of nitrogens with one attached hydrogen (secondary N) is 1. The highest BCUT2D eigenvalue weighted by atomic mass is 16.5. The number of hydrogen-bond acceptors (Lipinski definition) is 6. The smallest absolute Gasteiger partial charge is 0.255 e. The van der Waals surface area contributed by atoms with Gasteiger partial charge in [0.2, 0.25) is 0 Å². The molecule has 0 aliphatic rings. The molecular formula is C23H21N5O3. The van der Waals surface area contributed by atoms with Gasteiger partial charge in [-0.15, -0.1) is 0 Å². The molecule has 0 spiro atoms. The van der Waals surface area contributed by atoms with E-state index in [0.29, 0.717) is 30.3 Å². The second-order valence-electron chi connectivity index (χ2n) is 6.51. The summed E-state index contributed by atoms with van der Waals surface area (Å²) in [7, 11) is 0. The molecule has 0 atom stereocenters. The maximum atomic E-state index is 12.8. The molecule has 0 unspecified atom stereocenters. The Labute approximate surface area is 179 Å². The van der Waals surface area contributed by atoms with Crippen molar-refractivity contribution in [2.45, 2.75) is 6.54 Å². The summed E-state index contributed by atoms with van der Waals surface area (Å²) >= 11 is 0. The van der Waals surface area contributed by atoms with E-state index in [1.54, 1.807) is 35.4 Å². The average molecular weight is 415 g/mol. The third-order valence-corrected chi connectivity index (χ3v) is 4.43. The van der Waals surface area contributed by atoms with E-state index in [1.165, 1.54) is 6.33 Å². The number of carbonyl (C=O) groups excluding carboxylic acids is 1. The Morgan fingerprint density at radius 2 is 1.74 bits per heavy atom. The predicted octanol–water partition coefficient (Wildman–Crippen LogP) is 3.05. The average Bonchev–Trinajstić information content (AvgIpc) is 3.36. The molecule has 0 fully saturated rings. The Kier molecular flexibility index (Phi) is 6.49. The quantitative estimate of drug-likeness (QED) is 0.423. The van der Waals surface area contributed by atoms with Gasteiger partial charge in [0, 0.05) is 18.3 Å². The number of hydrogen-bond donors (Lipinski definition) is 1. The number of amides is 1. The van der Waals surface area contributed by atoms with E-state index in [9.17, 15) is 4.79 Å². The second-order valence-corrected chi connectivity index (χ2v) is 6.51. The number of para-hydroxylation sites is 2. The maximum Gasteiger partial charge on any atom is 0.255 e. The van der Waals surface area contributed by atoms with Gasteiger partial charge in [-0.25, -0.2) is 14.6 Å². The third-order valence-electron chi connectivity index (χ3n) is 4.43. The molecule has 31 heavy (non-hydrogen) atoms. The van der Waals surface area contributed by atoms with Crippen LogP contribution in [0.2, 0.25) is 0 Å². The molecule has 4 aromatic rings. The van der Waals surface area contributed by atoms with Gasteiger partial charge in [-0.05, 0) is 30.3 Å². The Bertz CT molecular complexity index is 1120. The Balaban J connectivity index is 1.36.